The number of ether oxygens (including phenoxy) is 1. The number of aromatic nitrogens is 1. The number of aryl methyl sites for hydroxylation is 1. The Bertz CT molecular complexity index is 688. The van der Waals surface area contributed by atoms with Crippen molar-refractivity contribution in [1.82, 2.24) is 4.98 Å². The van der Waals surface area contributed by atoms with Gasteiger partial charge in [-0.2, -0.15) is 5.26 Å². The van der Waals surface area contributed by atoms with Crippen molar-refractivity contribution in [2.75, 3.05) is 0 Å². The Morgan fingerprint density at radius 1 is 1.33 bits per heavy atom. The van der Waals surface area contributed by atoms with Crippen LogP contribution in [-0.4, -0.2) is 4.98 Å². The molecule has 0 spiro atoms. The number of halogens is 1. The molecule has 0 aliphatic heterocycles. The molecule has 1 aromatic carbocycles. The molecule has 3 nitrogen and oxygen atoms in total. The van der Waals surface area contributed by atoms with Gasteiger partial charge in [-0.3, -0.25) is 0 Å². The standard InChI is InChI=1S/C13H9FN2OS/c1-8-2-3-10(14)12(6-8)17-11-4-5-16-13(18)9(11)7-15/h2-6H,1H3,(H,16,18). The third-order valence-corrected chi connectivity index (χ3v) is 2.66. The van der Waals surface area contributed by atoms with E-state index in [4.69, 9.17) is 22.2 Å². The van der Waals surface area contributed by atoms with Crippen molar-refractivity contribution in [2.24, 2.45) is 0 Å². The molecule has 90 valence electrons. The number of nitriles is 1. The average molecular weight is 260 g/mol. The van der Waals surface area contributed by atoms with Crippen molar-refractivity contribution >= 4 is 12.2 Å². The Kier molecular flexibility index (Phi) is 3.40. The summed E-state index contributed by atoms with van der Waals surface area (Å²) in [5.74, 6) is -0.166. The van der Waals surface area contributed by atoms with Crippen molar-refractivity contribution in [2.45, 2.75) is 6.92 Å². The fourth-order valence-electron chi connectivity index (χ4n) is 1.46. The zero-order chi connectivity index (χ0) is 13.1. The molecule has 0 saturated heterocycles. The summed E-state index contributed by atoms with van der Waals surface area (Å²) in [6.45, 7) is 1.83. The first kappa shape index (κ1) is 12.3. The molecule has 0 fully saturated rings. The monoisotopic (exact) mass is 260 g/mol. The van der Waals surface area contributed by atoms with E-state index in [2.05, 4.69) is 4.98 Å². The highest BCUT2D eigenvalue weighted by atomic mass is 32.1. The maximum atomic E-state index is 13.5. The summed E-state index contributed by atoms with van der Waals surface area (Å²) in [5, 5.41) is 8.99. The van der Waals surface area contributed by atoms with Gasteiger partial charge in [0.1, 0.15) is 22.0 Å². The molecule has 0 aliphatic carbocycles. The lowest BCUT2D eigenvalue weighted by molar-refractivity contribution is 0.440. The van der Waals surface area contributed by atoms with Gasteiger partial charge < -0.3 is 9.72 Å². The van der Waals surface area contributed by atoms with Crippen molar-refractivity contribution in [1.29, 1.82) is 5.26 Å². The minimum Gasteiger partial charge on any atom is -0.453 e. The number of hydrogen-bond donors (Lipinski definition) is 1. The first-order chi connectivity index (χ1) is 8.61. The third kappa shape index (κ3) is 2.39. The van der Waals surface area contributed by atoms with E-state index >= 15 is 0 Å². The molecule has 2 rings (SSSR count). The second-order valence-corrected chi connectivity index (χ2v) is 4.10. The van der Waals surface area contributed by atoms with E-state index in [0.717, 1.165) is 5.56 Å². The Balaban J connectivity index is 2.47. The summed E-state index contributed by atoms with van der Waals surface area (Å²) in [4.78, 5) is 2.72. The van der Waals surface area contributed by atoms with E-state index in [-0.39, 0.29) is 21.7 Å². The maximum absolute atomic E-state index is 13.5. The molecule has 1 aromatic heterocycles. The summed E-state index contributed by atoms with van der Waals surface area (Å²) >= 11 is 4.96. The lowest BCUT2D eigenvalue weighted by atomic mass is 10.2. The predicted octanol–water partition coefficient (Wildman–Crippen LogP) is 3.86. The molecule has 1 heterocycles. The van der Waals surface area contributed by atoms with Crippen molar-refractivity contribution in [3.05, 3.63) is 52.0 Å². The molecule has 1 N–H and O–H groups in total. The molecule has 0 radical (unpaired) electrons. The molecule has 18 heavy (non-hydrogen) atoms. The molecule has 0 amide bonds. The largest absolute Gasteiger partial charge is 0.453 e. The Hall–Kier alpha value is -2.19. The molecule has 0 aliphatic rings. The summed E-state index contributed by atoms with van der Waals surface area (Å²) in [6, 6.07) is 8.00. The topological polar surface area (TPSA) is 48.8 Å². The van der Waals surface area contributed by atoms with Gasteiger partial charge in [-0.1, -0.05) is 18.3 Å². The van der Waals surface area contributed by atoms with Crippen molar-refractivity contribution in [3.8, 4) is 17.6 Å². The van der Waals surface area contributed by atoms with Gasteiger partial charge in [0.15, 0.2) is 11.6 Å². The predicted molar refractivity (Wildman–Crippen MR) is 67.6 cm³/mol. The van der Waals surface area contributed by atoms with E-state index in [1.54, 1.807) is 18.3 Å². The fraction of sp³-hybridized carbons (Fsp3) is 0.0769. The molecule has 5 heteroatoms. The van der Waals surface area contributed by atoms with Gasteiger partial charge in [-0.15, -0.1) is 0 Å². The van der Waals surface area contributed by atoms with Gasteiger partial charge >= 0.3 is 0 Å². The van der Waals surface area contributed by atoms with E-state index in [0.29, 0.717) is 0 Å². The van der Waals surface area contributed by atoms with Gasteiger partial charge in [0, 0.05) is 6.20 Å². The van der Waals surface area contributed by atoms with Crippen LogP contribution in [0.25, 0.3) is 0 Å². The average Bonchev–Trinajstić information content (AvgIpc) is 2.34. The SMILES string of the molecule is Cc1ccc(F)c(Oc2cc[nH]c(=S)c2C#N)c1. The highest BCUT2D eigenvalue weighted by Crippen LogP contribution is 2.27. The van der Waals surface area contributed by atoms with Crippen LogP contribution < -0.4 is 4.74 Å². The molecular weight excluding hydrogens is 251 g/mol. The lowest BCUT2D eigenvalue weighted by Gasteiger charge is -2.08. The normalized spacial score (nSPS) is 9.83. The smallest absolute Gasteiger partial charge is 0.165 e. The maximum Gasteiger partial charge on any atom is 0.165 e. The van der Waals surface area contributed by atoms with E-state index in [1.807, 2.05) is 13.0 Å². The first-order valence-corrected chi connectivity index (χ1v) is 5.58. The summed E-state index contributed by atoms with van der Waals surface area (Å²) in [6.07, 6.45) is 1.55. The Labute approximate surface area is 108 Å². The van der Waals surface area contributed by atoms with Crippen LogP contribution in [0.4, 0.5) is 4.39 Å². The number of hydrogen-bond acceptors (Lipinski definition) is 3. The van der Waals surface area contributed by atoms with Crippen LogP contribution in [0.2, 0.25) is 0 Å². The first-order valence-electron chi connectivity index (χ1n) is 5.17. The fourth-order valence-corrected chi connectivity index (χ4v) is 1.67. The van der Waals surface area contributed by atoms with E-state index in [9.17, 15) is 4.39 Å². The van der Waals surface area contributed by atoms with Gasteiger partial charge in [-0.25, -0.2) is 4.39 Å². The number of pyridine rings is 1. The number of nitrogens with zero attached hydrogens (tertiary/aromatic N) is 1. The minimum atomic E-state index is -0.483. The Morgan fingerprint density at radius 3 is 2.83 bits per heavy atom. The molecule has 0 unspecified atom stereocenters. The third-order valence-electron chi connectivity index (χ3n) is 2.34. The zero-order valence-electron chi connectivity index (χ0n) is 9.53. The van der Waals surface area contributed by atoms with Crippen LogP contribution in [-0.2, 0) is 0 Å². The van der Waals surface area contributed by atoms with E-state index < -0.39 is 5.82 Å². The molecule has 2 aromatic rings. The van der Waals surface area contributed by atoms with Gasteiger partial charge in [0.05, 0.1) is 0 Å². The van der Waals surface area contributed by atoms with Crippen LogP contribution in [0.15, 0.2) is 30.5 Å². The Morgan fingerprint density at radius 2 is 2.11 bits per heavy atom. The van der Waals surface area contributed by atoms with Crippen LogP contribution in [0.1, 0.15) is 11.1 Å². The van der Waals surface area contributed by atoms with Crippen LogP contribution >= 0.6 is 12.2 Å². The van der Waals surface area contributed by atoms with Crippen LogP contribution in [0.3, 0.4) is 0 Å². The van der Waals surface area contributed by atoms with Gasteiger partial charge in [0.25, 0.3) is 0 Å². The van der Waals surface area contributed by atoms with Crippen LogP contribution in [0.5, 0.6) is 11.5 Å². The highest BCUT2D eigenvalue weighted by Gasteiger charge is 2.09. The minimum absolute atomic E-state index is 0.0760. The molecule has 0 saturated carbocycles. The van der Waals surface area contributed by atoms with Gasteiger partial charge in [-0.05, 0) is 30.7 Å². The summed E-state index contributed by atoms with van der Waals surface area (Å²) in [5.41, 5.74) is 1.06. The molecule has 0 bridgehead atoms. The second-order valence-electron chi connectivity index (χ2n) is 3.69. The lowest BCUT2D eigenvalue weighted by Crippen LogP contribution is -1.93. The molecule has 0 atom stereocenters. The zero-order valence-corrected chi connectivity index (χ0v) is 10.3. The van der Waals surface area contributed by atoms with E-state index in [1.165, 1.54) is 12.1 Å². The number of benzene rings is 1. The van der Waals surface area contributed by atoms with Crippen molar-refractivity contribution < 1.29 is 9.13 Å². The van der Waals surface area contributed by atoms with Gasteiger partial charge in [0.2, 0.25) is 0 Å². The summed E-state index contributed by atoms with van der Waals surface area (Å²) in [7, 11) is 0. The number of rotatable bonds is 2. The number of H-pyrrole nitrogens is 1. The molecular formula is C13H9FN2OS. The second kappa shape index (κ2) is 4.98. The summed E-state index contributed by atoms with van der Waals surface area (Å²) < 4.78 is 19.2. The number of nitrogens with one attached hydrogen (secondary N) is 1. The van der Waals surface area contributed by atoms with Crippen LogP contribution in [0, 0.1) is 28.7 Å². The highest BCUT2D eigenvalue weighted by molar-refractivity contribution is 7.71. The quantitative estimate of drug-likeness (QED) is 0.834. The number of aromatic amines is 1. The van der Waals surface area contributed by atoms with Crippen molar-refractivity contribution in [3.63, 3.8) is 0 Å².